The average molecular weight is 297 g/mol. The second-order valence-electron chi connectivity index (χ2n) is 4.40. The summed E-state index contributed by atoms with van der Waals surface area (Å²) in [6.45, 7) is 0. The molecular formula is C15H15N5S. The SMILES string of the molecule is CNc1cc(Nc2cccc3ccncc23)nc(SC)n1. The molecule has 0 radical (unpaired) electrons. The van der Waals surface area contributed by atoms with Gasteiger partial charge in [-0.2, -0.15) is 0 Å². The lowest BCUT2D eigenvalue weighted by Crippen LogP contribution is -2.01. The molecule has 0 bridgehead atoms. The Labute approximate surface area is 127 Å². The number of benzene rings is 1. The van der Waals surface area contributed by atoms with Crippen LogP contribution in [0.5, 0.6) is 0 Å². The molecule has 2 heterocycles. The summed E-state index contributed by atoms with van der Waals surface area (Å²) in [5.41, 5.74) is 0.980. The molecule has 21 heavy (non-hydrogen) atoms. The lowest BCUT2D eigenvalue weighted by atomic mass is 10.1. The summed E-state index contributed by atoms with van der Waals surface area (Å²) in [6.07, 6.45) is 5.61. The van der Waals surface area contributed by atoms with E-state index in [0.29, 0.717) is 0 Å². The van der Waals surface area contributed by atoms with Crippen LogP contribution in [0, 0.1) is 0 Å². The maximum absolute atomic E-state index is 4.48. The molecule has 0 aliphatic heterocycles. The predicted molar refractivity (Wildman–Crippen MR) is 88.4 cm³/mol. The minimum Gasteiger partial charge on any atom is -0.373 e. The molecule has 0 atom stereocenters. The fourth-order valence-corrected chi connectivity index (χ4v) is 2.45. The Bertz CT molecular complexity index is 747. The number of aromatic nitrogens is 3. The highest BCUT2D eigenvalue weighted by molar-refractivity contribution is 7.98. The van der Waals surface area contributed by atoms with Gasteiger partial charge in [0, 0.05) is 36.6 Å². The summed E-state index contributed by atoms with van der Waals surface area (Å²) in [4.78, 5) is 13.0. The molecule has 3 rings (SSSR count). The van der Waals surface area contributed by atoms with Crippen LogP contribution in [0.15, 0.2) is 47.9 Å². The minimum absolute atomic E-state index is 0.725. The van der Waals surface area contributed by atoms with E-state index in [4.69, 9.17) is 0 Å². The van der Waals surface area contributed by atoms with Crippen molar-refractivity contribution in [3.05, 3.63) is 42.7 Å². The second-order valence-corrected chi connectivity index (χ2v) is 5.18. The number of nitrogens with zero attached hydrogens (tertiary/aromatic N) is 3. The van der Waals surface area contributed by atoms with Gasteiger partial charge in [-0.05, 0) is 23.8 Å². The predicted octanol–water partition coefficient (Wildman–Crippen LogP) is 3.53. The summed E-state index contributed by atoms with van der Waals surface area (Å²) in [6, 6.07) is 9.97. The van der Waals surface area contributed by atoms with Crippen LogP contribution in [0.3, 0.4) is 0 Å². The zero-order valence-corrected chi connectivity index (χ0v) is 12.6. The van der Waals surface area contributed by atoms with Gasteiger partial charge in [-0.1, -0.05) is 23.9 Å². The number of pyridine rings is 1. The van der Waals surface area contributed by atoms with E-state index in [-0.39, 0.29) is 0 Å². The third kappa shape index (κ3) is 2.90. The van der Waals surface area contributed by atoms with E-state index in [2.05, 4.69) is 31.7 Å². The third-order valence-electron chi connectivity index (χ3n) is 3.09. The number of rotatable bonds is 4. The van der Waals surface area contributed by atoms with Crippen LogP contribution < -0.4 is 10.6 Å². The molecule has 0 aliphatic carbocycles. The van der Waals surface area contributed by atoms with Crippen LogP contribution in [0.4, 0.5) is 17.3 Å². The van der Waals surface area contributed by atoms with Crippen molar-refractivity contribution in [1.82, 2.24) is 15.0 Å². The summed E-state index contributed by atoms with van der Waals surface area (Å²) >= 11 is 1.51. The lowest BCUT2D eigenvalue weighted by Gasteiger charge is -2.11. The molecule has 0 saturated carbocycles. The van der Waals surface area contributed by atoms with E-state index in [1.807, 2.05) is 43.8 Å². The Morgan fingerprint density at radius 2 is 1.95 bits per heavy atom. The highest BCUT2D eigenvalue weighted by Crippen LogP contribution is 2.26. The van der Waals surface area contributed by atoms with Crippen molar-refractivity contribution in [2.75, 3.05) is 23.9 Å². The van der Waals surface area contributed by atoms with E-state index in [1.54, 1.807) is 6.20 Å². The van der Waals surface area contributed by atoms with Crippen molar-refractivity contribution in [2.24, 2.45) is 0 Å². The van der Waals surface area contributed by atoms with Gasteiger partial charge in [0.15, 0.2) is 5.16 Å². The maximum atomic E-state index is 4.48. The Morgan fingerprint density at radius 1 is 1.10 bits per heavy atom. The third-order valence-corrected chi connectivity index (χ3v) is 3.64. The summed E-state index contributed by atoms with van der Waals surface area (Å²) < 4.78 is 0. The first kappa shape index (κ1) is 13.6. The van der Waals surface area contributed by atoms with Crippen molar-refractivity contribution < 1.29 is 0 Å². The van der Waals surface area contributed by atoms with Gasteiger partial charge in [0.25, 0.3) is 0 Å². The van der Waals surface area contributed by atoms with Crippen LogP contribution in [0.25, 0.3) is 10.8 Å². The zero-order chi connectivity index (χ0) is 14.7. The largest absolute Gasteiger partial charge is 0.373 e. The van der Waals surface area contributed by atoms with Gasteiger partial charge in [-0.3, -0.25) is 4.98 Å². The molecule has 0 amide bonds. The summed E-state index contributed by atoms with van der Waals surface area (Å²) in [5.74, 6) is 1.55. The van der Waals surface area contributed by atoms with Gasteiger partial charge < -0.3 is 10.6 Å². The summed E-state index contributed by atoms with van der Waals surface area (Å²) in [7, 11) is 1.85. The Hall–Kier alpha value is -2.34. The molecule has 5 nitrogen and oxygen atoms in total. The zero-order valence-electron chi connectivity index (χ0n) is 11.8. The van der Waals surface area contributed by atoms with Crippen molar-refractivity contribution in [3.63, 3.8) is 0 Å². The highest BCUT2D eigenvalue weighted by atomic mass is 32.2. The standard InChI is InChI=1S/C15H15N5S/c1-16-13-8-14(20-15(19-13)21-2)18-12-5-3-4-10-6-7-17-9-11(10)12/h3-9H,1-2H3,(H2,16,18,19,20). The summed E-state index contributed by atoms with van der Waals surface area (Å²) in [5, 5.41) is 9.33. The van der Waals surface area contributed by atoms with E-state index >= 15 is 0 Å². The molecule has 3 aromatic rings. The molecule has 0 spiro atoms. The van der Waals surface area contributed by atoms with Gasteiger partial charge >= 0.3 is 0 Å². The Kier molecular flexibility index (Phi) is 3.87. The van der Waals surface area contributed by atoms with Gasteiger partial charge in [0.1, 0.15) is 11.6 Å². The second kappa shape index (κ2) is 5.97. The number of anilines is 3. The molecule has 106 valence electrons. The highest BCUT2D eigenvalue weighted by Gasteiger charge is 2.06. The molecule has 1 aromatic carbocycles. The molecule has 2 N–H and O–H groups in total. The van der Waals surface area contributed by atoms with Gasteiger partial charge in [0.2, 0.25) is 0 Å². The van der Waals surface area contributed by atoms with E-state index < -0.39 is 0 Å². The Balaban J connectivity index is 2.02. The Morgan fingerprint density at radius 3 is 2.76 bits per heavy atom. The molecule has 0 aliphatic rings. The molecule has 2 aromatic heterocycles. The van der Waals surface area contributed by atoms with Crippen molar-refractivity contribution in [2.45, 2.75) is 5.16 Å². The van der Waals surface area contributed by atoms with Crippen LogP contribution in [0.1, 0.15) is 0 Å². The number of hydrogen-bond acceptors (Lipinski definition) is 6. The number of nitrogens with one attached hydrogen (secondary N) is 2. The van der Waals surface area contributed by atoms with Crippen molar-refractivity contribution in [3.8, 4) is 0 Å². The number of hydrogen-bond donors (Lipinski definition) is 2. The van der Waals surface area contributed by atoms with Gasteiger partial charge in [-0.15, -0.1) is 0 Å². The molecule has 0 fully saturated rings. The van der Waals surface area contributed by atoms with Gasteiger partial charge in [0.05, 0.1) is 0 Å². The minimum atomic E-state index is 0.725. The quantitative estimate of drug-likeness (QED) is 0.567. The van der Waals surface area contributed by atoms with Crippen LogP contribution in [0.2, 0.25) is 0 Å². The average Bonchev–Trinajstić information content (AvgIpc) is 2.55. The molecular weight excluding hydrogens is 282 g/mol. The first-order valence-corrected chi connectivity index (χ1v) is 7.73. The topological polar surface area (TPSA) is 62.7 Å². The van der Waals surface area contributed by atoms with Crippen LogP contribution in [-0.4, -0.2) is 28.3 Å². The number of thioether (sulfide) groups is 1. The van der Waals surface area contributed by atoms with E-state index in [9.17, 15) is 0 Å². The molecule has 0 unspecified atom stereocenters. The van der Waals surface area contributed by atoms with Crippen molar-refractivity contribution in [1.29, 1.82) is 0 Å². The van der Waals surface area contributed by atoms with Crippen LogP contribution in [-0.2, 0) is 0 Å². The number of fused-ring (bicyclic) bond motifs is 1. The normalized spacial score (nSPS) is 10.6. The lowest BCUT2D eigenvalue weighted by molar-refractivity contribution is 0.978. The molecule has 0 saturated heterocycles. The first-order valence-electron chi connectivity index (χ1n) is 6.51. The fraction of sp³-hybridized carbons (Fsp3) is 0.133. The van der Waals surface area contributed by atoms with E-state index in [1.165, 1.54) is 11.8 Å². The van der Waals surface area contributed by atoms with Crippen LogP contribution >= 0.6 is 11.8 Å². The van der Waals surface area contributed by atoms with E-state index in [0.717, 1.165) is 33.3 Å². The molecule has 6 heteroatoms. The van der Waals surface area contributed by atoms with Gasteiger partial charge in [-0.25, -0.2) is 9.97 Å². The monoisotopic (exact) mass is 297 g/mol. The maximum Gasteiger partial charge on any atom is 0.191 e. The fourth-order valence-electron chi connectivity index (χ4n) is 2.07. The smallest absolute Gasteiger partial charge is 0.191 e. The first-order chi connectivity index (χ1) is 10.3. The van der Waals surface area contributed by atoms with Crippen molar-refractivity contribution >= 4 is 39.9 Å².